The van der Waals surface area contributed by atoms with Crippen LogP contribution >= 0.6 is 11.8 Å². The number of thioether (sulfide) groups is 1. The van der Waals surface area contributed by atoms with E-state index in [4.69, 9.17) is 5.84 Å². The Morgan fingerprint density at radius 3 is 2.82 bits per heavy atom. The average molecular weight is 254 g/mol. The number of nitrogens with two attached hydrogens (primary N) is 1. The molecule has 0 spiro atoms. The van der Waals surface area contributed by atoms with Gasteiger partial charge < -0.3 is 0 Å². The lowest BCUT2D eigenvalue weighted by molar-refractivity contribution is 0.610. The van der Waals surface area contributed by atoms with Gasteiger partial charge in [-0.25, -0.2) is 0 Å². The van der Waals surface area contributed by atoms with E-state index in [1.807, 2.05) is 0 Å². The van der Waals surface area contributed by atoms with Gasteiger partial charge in [0.25, 0.3) is 0 Å². The van der Waals surface area contributed by atoms with E-state index < -0.39 is 0 Å². The predicted octanol–water partition coefficient (Wildman–Crippen LogP) is 3.38. The van der Waals surface area contributed by atoms with E-state index in [9.17, 15) is 0 Å². The van der Waals surface area contributed by atoms with Crippen LogP contribution in [0, 0.1) is 0 Å². The number of hydrazine groups is 1. The first-order valence-corrected chi connectivity index (χ1v) is 8.21. The van der Waals surface area contributed by atoms with Crippen LogP contribution in [0.4, 0.5) is 0 Å². The summed E-state index contributed by atoms with van der Waals surface area (Å²) in [6.45, 7) is 0. The third kappa shape index (κ3) is 4.31. The van der Waals surface area contributed by atoms with Crippen molar-refractivity contribution in [2.24, 2.45) is 5.84 Å². The highest BCUT2D eigenvalue weighted by molar-refractivity contribution is 7.99. The monoisotopic (exact) mass is 254 g/mol. The zero-order valence-corrected chi connectivity index (χ0v) is 11.6. The molecule has 1 fully saturated rings. The molecule has 1 atom stereocenters. The van der Waals surface area contributed by atoms with Crippen molar-refractivity contribution < 1.29 is 0 Å². The van der Waals surface area contributed by atoms with Crippen molar-refractivity contribution in [3.05, 3.63) is 11.6 Å². The molecule has 0 aromatic rings. The van der Waals surface area contributed by atoms with Crippen molar-refractivity contribution in [2.75, 3.05) is 5.75 Å². The quantitative estimate of drug-likeness (QED) is 0.449. The Bertz CT molecular complexity index is 247. The number of allylic oxidation sites excluding steroid dienone is 1. The number of hydrogen-bond donors (Lipinski definition) is 2. The average Bonchev–Trinajstić information content (AvgIpc) is 2.72. The minimum Gasteiger partial charge on any atom is -0.271 e. The maximum absolute atomic E-state index is 5.74. The third-order valence-corrected chi connectivity index (χ3v) is 5.49. The smallest absolute Gasteiger partial charge is 0.0510 e. The Morgan fingerprint density at radius 2 is 2.06 bits per heavy atom. The van der Waals surface area contributed by atoms with Gasteiger partial charge in [-0.05, 0) is 38.5 Å². The fraction of sp³-hybridized carbons (Fsp3) is 0.857. The van der Waals surface area contributed by atoms with Crippen molar-refractivity contribution in [2.45, 2.75) is 69.1 Å². The molecule has 0 aromatic carbocycles. The maximum Gasteiger partial charge on any atom is 0.0510 e. The van der Waals surface area contributed by atoms with Crippen LogP contribution in [0.5, 0.6) is 0 Å². The van der Waals surface area contributed by atoms with Gasteiger partial charge in [-0.3, -0.25) is 11.3 Å². The summed E-state index contributed by atoms with van der Waals surface area (Å²) < 4.78 is 0. The Kier molecular flexibility index (Phi) is 5.89. The third-order valence-electron chi connectivity index (χ3n) is 4.03. The molecule has 1 saturated carbocycles. The highest BCUT2D eigenvalue weighted by Gasteiger charge is 2.19. The molecule has 17 heavy (non-hydrogen) atoms. The van der Waals surface area contributed by atoms with Crippen molar-refractivity contribution >= 4 is 11.8 Å². The van der Waals surface area contributed by atoms with Crippen LogP contribution in [0.1, 0.15) is 57.8 Å². The van der Waals surface area contributed by atoms with Crippen LogP contribution in [0.25, 0.3) is 0 Å². The minimum atomic E-state index is 0.415. The molecule has 3 heteroatoms. The van der Waals surface area contributed by atoms with Gasteiger partial charge in [0.15, 0.2) is 0 Å². The maximum atomic E-state index is 5.74. The first-order chi connectivity index (χ1) is 8.40. The number of hydrogen-bond acceptors (Lipinski definition) is 3. The molecular formula is C14H26N2S. The molecule has 0 bridgehead atoms. The summed E-state index contributed by atoms with van der Waals surface area (Å²) in [6, 6.07) is 0.415. The van der Waals surface area contributed by atoms with Gasteiger partial charge in [-0.2, -0.15) is 11.8 Å². The minimum absolute atomic E-state index is 0.415. The molecule has 3 N–H and O–H groups in total. The van der Waals surface area contributed by atoms with Gasteiger partial charge in [0.05, 0.1) is 6.04 Å². The molecule has 1 unspecified atom stereocenters. The van der Waals surface area contributed by atoms with Crippen molar-refractivity contribution in [3.8, 4) is 0 Å². The molecule has 0 heterocycles. The SMILES string of the molecule is NNC(CSC1CCCC1)C1=CCCCCC1. The second-order valence-corrected chi connectivity index (χ2v) is 6.67. The number of nitrogens with one attached hydrogen (secondary N) is 1. The summed E-state index contributed by atoms with van der Waals surface area (Å²) in [7, 11) is 0. The summed E-state index contributed by atoms with van der Waals surface area (Å²) in [5.41, 5.74) is 4.60. The second-order valence-electron chi connectivity index (χ2n) is 5.34. The van der Waals surface area contributed by atoms with E-state index in [0.717, 1.165) is 11.0 Å². The van der Waals surface area contributed by atoms with Gasteiger partial charge in [-0.1, -0.05) is 30.9 Å². The van der Waals surface area contributed by atoms with E-state index in [-0.39, 0.29) is 0 Å². The Labute approximate surface area is 110 Å². The van der Waals surface area contributed by atoms with Gasteiger partial charge in [-0.15, -0.1) is 0 Å². The molecule has 98 valence electrons. The first-order valence-electron chi connectivity index (χ1n) is 7.17. The van der Waals surface area contributed by atoms with Crippen LogP contribution in [-0.2, 0) is 0 Å². The van der Waals surface area contributed by atoms with Crippen molar-refractivity contribution in [1.29, 1.82) is 0 Å². The summed E-state index contributed by atoms with van der Waals surface area (Å²) in [4.78, 5) is 0. The molecular weight excluding hydrogens is 228 g/mol. The molecule has 0 aromatic heterocycles. The lowest BCUT2D eigenvalue weighted by atomic mass is 10.0. The Balaban J connectivity index is 1.79. The van der Waals surface area contributed by atoms with Gasteiger partial charge >= 0.3 is 0 Å². The molecule has 2 rings (SSSR count). The molecule has 2 nitrogen and oxygen atoms in total. The Hall–Kier alpha value is 0.01000. The first kappa shape index (κ1) is 13.4. The fourth-order valence-corrected chi connectivity index (χ4v) is 4.35. The van der Waals surface area contributed by atoms with Gasteiger partial charge in [0, 0.05) is 11.0 Å². The Morgan fingerprint density at radius 1 is 1.24 bits per heavy atom. The van der Waals surface area contributed by atoms with Crippen LogP contribution in [0.15, 0.2) is 11.6 Å². The van der Waals surface area contributed by atoms with Crippen LogP contribution in [0.3, 0.4) is 0 Å². The second kappa shape index (κ2) is 7.45. The van der Waals surface area contributed by atoms with Crippen molar-refractivity contribution in [1.82, 2.24) is 5.43 Å². The zero-order valence-electron chi connectivity index (χ0n) is 10.8. The van der Waals surface area contributed by atoms with Crippen LogP contribution < -0.4 is 11.3 Å². The highest BCUT2D eigenvalue weighted by Crippen LogP contribution is 2.31. The summed E-state index contributed by atoms with van der Waals surface area (Å²) in [6.07, 6.45) is 14.7. The molecule has 0 saturated heterocycles. The number of rotatable bonds is 5. The van der Waals surface area contributed by atoms with Crippen molar-refractivity contribution in [3.63, 3.8) is 0 Å². The molecule has 0 radical (unpaired) electrons. The molecule has 2 aliphatic carbocycles. The zero-order chi connectivity index (χ0) is 11.9. The van der Waals surface area contributed by atoms with E-state index in [2.05, 4.69) is 23.3 Å². The molecule has 0 amide bonds. The molecule has 0 aliphatic heterocycles. The summed E-state index contributed by atoms with van der Waals surface area (Å²) in [5, 5.41) is 0.900. The predicted molar refractivity (Wildman–Crippen MR) is 77.0 cm³/mol. The van der Waals surface area contributed by atoms with E-state index in [1.54, 1.807) is 5.57 Å². The molecule has 2 aliphatic rings. The topological polar surface area (TPSA) is 38.0 Å². The summed E-state index contributed by atoms with van der Waals surface area (Å²) in [5.74, 6) is 6.89. The fourth-order valence-electron chi connectivity index (χ4n) is 2.91. The van der Waals surface area contributed by atoms with Gasteiger partial charge in [0.1, 0.15) is 0 Å². The van der Waals surface area contributed by atoms with Crippen LogP contribution in [-0.4, -0.2) is 17.0 Å². The van der Waals surface area contributed by atoms with Crippen LogP contribution in [0.2, 0.25) is 0 Å². The highest BCUT2D eigenvalue weighted by atomic mass is 32.2. The van der Waals surface area contributed by atoms with E-state index in [0.29, 0.717) is 6.04 Å². The van der Waals surface area contributed by atoms with Gasteiger partial charge in [0.2, 0.25) is 0 Å². The normalized spacial score (nSPS) is 24.4. The summed E-state index contributed by atoms with van der Waals surface area (Å²) >= 11 is 2.13. The lowest BCUT2D eigenvalue weighted by Crippen LogP contribution is -2.39. The lowest BCUT2D eigenvalue weighted by Gasteiger charge is -2.20. The van der Waals surface area contributed by atoms with E-state index >= 15 is 0 Å². The van der Waals surface area contributed by atoms with E-state index in [1.165, 1.54) is 57.8 Å². The largest absolute Gasteiger partial charge is 0.271 e. The standard InChI is InChI=1S/C14H26N2S/c15-16-14(11-17-13-9-5-6-10-13)12-7-3-1-2-4-8-12/h7,13-14,16H,1-6,8-11,15H2.